The minimum absolute atomic E-state index is 0.0760. The molecular formula is C29H35N7O5. The van der Waals surface area contributed by atoms with Gasteiger partial charge in [0.05, 0.1) is 23.4 Å². The number of likely N-dealkylation sites (tertiary alicyclic amines) is 1. The van der Waals surface area contributed by atoms with Crippen molar-refractivity contribution in [2.75, 3.05) is 31.5 Å². The Hall–Kier alpha value is -4.06. The summed E-state index contributed by atoms with van der Waals surface area (Å²) in [7, 11) is 0. The average molecular weight is 562 g/mol. The molecule has 5 heterocycles. The van der Waals surface area contributed by atoms with Gasteiger partial charge < -0.3 is 15.5 Å². The Morgan fingerprint density at radius 2 is 1.78 bits per heavy atom. The van der Waals surface area contributed by atoms with E-state index in [1.165, 1.54) is 0 Å². The number of carbonyl (C=O) groups is 5. The molecule has 0 saturated carbocycles. The van der Waals surface area contributed by atoms with Gasteiger partial charge in [0.15, 0.2) is 0 Å². The highest BCUT2D eigenvalue weighted by molar-refractivity contribution is 6.25. The van der Waals surface area contributed by atoms with Gasteiger partial charge in [-0.15, -0.1) is 0 Å². The van der Waals surface area contributed by atoms with Crippen LogP contribution in [0.2, 0.25) is 0 Å². The van der Waals surface area contributed by atoms with Crippen LogP contribution in [-0.2, 0) is 20.9 Å². The van der Waals surface area contributed by atoms with E-state index in [2.05, 4.69) is 21.0 Å². The van der Waals surface area contributed by atoms with Gasteiger partial charge in [-0.3, -0.25) is 38.9 Å². The molecule has 5 amide bonds. The van der Waals surface area contributed by atoms with Crippen molar-refractivity contribution >= 4 is 35.2 Å². The molecule has 3 fully saturated rings. The molecule has 3 saturated heterocycles. The van der Waals surface area contributed by atoms with Crippen molar-refractivity contribution in [1.82, 2.24) is 30.2 Å². The number of nitrogens with zero attached hydrogens (tertiary/aromatic N) is 4. The summed E-state index contributed by atoms with van der Waals surface area (Å²) in [5, 5.41) is 13.4. The second kappa shape index (κ2) is 11.4. The third kappa shape index (κ3) is 5.48. The van der Waals surface area contributed by atoms with E-state index < -0.39 is 29.7 Å². The molecule has 0 aliphatic carbocycles. The van der Waals surface area contributed by atoms with Crippen LogP contribution in [0.3, 0.4) is 0 Å². The molecule has 4 aliphatic heterocycles. The number of hydrogen-bond acceptors (Lipinski definition) is 8. The van der Waals surface area contributed by atoms with E-state index in [1.54, 1.807) is 24.4 Å². The number of imide groups is 2. The zero-order valence-corrected chi connectivity index (χ0v) is 22.9. The molecule has 41 heavy (non-hydrogen) atoms. The number of nitrogens with one attached hydrogen (secondary N) is 3. The van der Waals surface area contributed by atoms with Gasteiger partial charge in [0.25, 0.3) is 11.8 Å². The van der Waals surface area contributed by atoms with E-state index in [-0.39, 0.29) is 35.9 Å². The quantitative estimate of drug-likeness (QED) is 0.431. The fourth-order valence-corrected chi connectivity index (χ4v) is 6.37. The smallest absolute Gasteiger partial charge is 0.264 e. The topological polar surface area (TPSA) is 146 Å². The third-order valence-corrected chi connectivity index (χ3v) is 8.72. The molecule has 0 bridgehead atoms. The summed E-state index contributed by atoms with van der Waals surface area (Å²) in [5.41, 5.74) is 1.90. The Morgan fingerprint density at radius 3 is 2.54 bits per heavy atom. The van der Waals surface area contributed by atoms with Crippen LogP contribution in [0.4, 0.5) is 5.69 Å². The Balaban J connectivity index is 1.05. The fourth-order valence-electron chi connectivity index (χ4n) is 6.37. The summed E-state index contributed by atoms with van der Waals surface area (Å²) in [6.07, 6.45) is 8.45. The van der Waals surface area contributed by atoms with Crippen LogP contribution in [0.1, 0.15) is 77.3 Å². The Morgan fingerprint density at radius 1 is 1.00 bits per heavy atom. The van der Waals surface area contributed by atoms with Crippen LogP contribution in [-0.4, -0.2) is 81.3 Å². The Bertz CT molecular complexity index is 1370. The maximum absolute atomic E-state index is 13.3. The highest BCUT2D eigenvalue weighted by Gasteiger charge is 2.45. The van der Waals surface area contributed by atoms with E-state index >= 15 is 0 Å². The molecule has 1 aromatic carbocycles. The van der Waals surface area contributed by atoms with Gasteiger partial charge in [0.2, 0.25) is 17.7 Å². The van der Waals surface area contributed by atoms with Crippen molar-refractivity contribution in [3.63, 3.8) is 0 Å². The second-order valence-corrected chi connectivity index (χ2v) is 11.4. The molecule has 216 valence electrons. The van der Waals surface area contributed by atoms with Gasteiger partial charge in [0, 0.05) is 49.9 Å². The van der Waals surface area contributed by atoms with Gasteiger partial charge in [-0.05, 0) is 63.2 Å². The summed E-state index contributed by atoms with van der Waals surface area (Å²) in [5.74, 6) is -1.36. The molecular weight excluding hydrogens is 526 g/mol. The molecule has 0 radical (unpaired) electrons. The lowest BCUT2D eigenvalue weighted by Crippen LogP contribution is -2.54. The van der Waals surface area contributed by atoms with Crippen LogP contribution in [0.15, 0.2) is 30.6 Å². The maximum Gasteiger partial charge on any atom is 0.264 e. The molecule has 4 aliphatic rings. The van der Waals surface area contributed by atoms with Gasteiger partial charge in [-0.25, -0.2) is 0 Å². The molecule has 2 aromatic rings. The monoisotopic (exact) mass is 561 g/mol. The number of fused-ring (bicyclic) bond motifs is 1. The summed E-state index contributed by atoms with van der Waals surface area (Å²) in [6, 6.07) is 4.23. The lowest BCUT2D eigenvalue weighted by atomic mass is 9.93. The molecule has 1 atom stereocenters. The van der Waals surface area contributed by atoms with Gasteiger partial charge >= 0.3 is 0 Å². The van der Waals surface area contributed by atoms with Crippen molar-refractivity contribution in [2.45, 2.75) is 63.6 Å². The van der Waals surface area contributed by atoms with Crippen LogP contribution in [0.5, 0.6) is 0 Å². The predicted octanol–water partition coefficient (Wildman–Crippen LogP) is 1.45. The van der Waals surface area contributed by atoms with E-state index in [1.807, 2.05) is 15.8 Å². The summed E-state index contributed by atoms with van der Waals surface area (Å²) < 4.78 is 1.96. The number of carbonyl (C=O) groups excluding carboxylic acids is 5. The van der Waals surface area contributed by atoms with Crippen molar-refractivity contribution in [3.05, 3.63) is 47.3 Å². The first-order valence-electron chi connectivity index (χ1n) is 14.5. The van der Waals surface area contributed by atoms with Gasteiger partial charge in [-0.1, -0.05) is 6.07 Å². The zero-order chi connectivity index (χ0) is 28.5. The number of piperidine rings is 3. The summed E-state index contributed by atoms with van der Waals surface area (Å²) in [4.78, 5) is 66.1. The van der Waals surface area contributed by atoms with Crippen LogP contribution in [0, 0.1) is 5.92 Å². The molecule has 1 unspecified atom stereocenters. The number of aromatic nitrogens is 2. The fraction of sp³-hybridized carbons (Fsp3) is 0.517. The number of anilines is 1. The lowest BCUT2D eigenvalue weighted by Gasteiger charge is -2.33. The summed E-state index contributed by atoms with van der Waals surface area (Å²) >= 11 is 0. The van der Waals surface area contributed by atoms with Crippen molar-refractivity contribution in [1.29, 1.82) is 0 Å². The normalized spacial score (nSPS) is 22.2. The Labute approximate surface area is 237 Å². The highest BCUT2D eigenvalue weighted by Crippen LogP contribution is 2.33. The molecule has 3 N–H and O–H groups in total. The second-order valence-electron chi connectivity index (χ2n) is 11.4. The zero-order valence-electron chi connectivity index (χ0n) is 22.9. The maximum atomic E-state index is 13.3. The van der Waals surface area contributed by atoms with Crippen LogP contribution in [0.25, 0.3) is 0 Å². The first-order valence-corrected chi connectivity index (χ1v) is 14.5. The minimum atomic E-state index is -1.00. The van der Waals surface area contributed by atoms with Gasteiger partial charge in [-0.2, -0.15) is 5.10 Å². The molecule has 0 spiro atoms. The molecule has 12 nitrogen and oxygen atoms in total. The van der Waals surface area contributed by atoms with Crippen molar-refractivity contribution in [2.24, 2.45) is 5.92 Å². The van der Waals surface area contributed by atoms with E-state index in [9.17, 15) is 24.0 Å². The Kier molecular flexibility index (Phi) is 7.57. The lowest BCUT2D eigenvalue weighted by molar-refractivity contribution is -0.136. The predicted molar refractivity (Wildman–Crippen MR) is 148 cm³/mol. The largest absolute Gasteiger partial charge is 0.380 e. The number of rotatable bonds is 7. The first kappa shape index (κ1) is 27.1. The molecule has 1 aromatic heterocycles. The third-order valence-electron chi connectivity index (χ3n) is 8.72. The number of hydrogen-bond donors (Lipinski definition) is 3. The van der Waals surface area contributed by atoms with Crippen LogP contribution >= 0.6 is 0 Å². The van der Waals surface area contributed by atoms with E-state index in [4.69, 9.17) is 0 Å². The summed E-state index contributed by atoms with van der Waals surface area (Å²) in [6.45, 7) is 3.86. The SMILES string of the molecule is O=C1CCC(N2C(=O)c3cccc(NCc4cnn(C5CCN(C(=O)CC6CCNCC6)CC5)c4)c3C2=O)C(=O)N1. The van der Waals surface area contributed by atoms with Gasteiger partial charge in [0.1, 0.15) is 6.04 Å². The average Bonchev–Trinajstić information content (AvgIpc) is 3.56. The van der Waals surface area contributed by atoms with Crippen LogP contribution < -0.4 is 16.0 Å². The standard InChI is InChI=1S/C29H35N7O5/c37-24-5-4-23(27(39)33-24)36-28(40)21-2-1-3-22(26(21)29(36)41)31-15-19-16-32-35(17-19)20-8-12-34(13-9-20)25(38)14-18-6-10-30-11-7-18/h1-3,16-18,20,23,30-31H,4-15H2,(H,33,37,39). The van der Waals surface area contributed by atoms with E-state index in [0.29, 0.717) is 24.6 Å². The minimum Gasteiger partial charge on any atom is -0.380 e. The molecule has 6 rings (SSSR count). The van der Waals surface area contributed by atoms with Crippen molar-refractivity contribution in [3.8, 4) is 0 Å². The molecule has 12 heteroatoms. The van der Waals surface area contributed by atoms with Crippen molar-refractivity contribution < 1.29 is 24.0 Å². The van der Waals surface area contributed by atoms with E-state index in [0.717, 1.165) is 62.3 Å². The number of benzene rings is 1. The number of amides is 5. The highest BCUT2D eigenvalue weighted by atomic mass is 16.2. The first-order chi connectivity index (χ1) is 19.9.